The molecule has 0 heterocycles. The van der Waals surface area contributed by atoms with Crippen LogP contribution in [0.1, 0.15) is 39.9 Å². The normalized spacial score (nSPS) is 27.6. The van der Waals surface area contributed by atoms with Crippen molar-refractivity contribution in [2.75, 3.05) is 40.1 Å². The van der Waals surface area contributed by atoms with Crippen LogP contribution in [-0.4, -0.2) is 95.6 Å². The number of phenols is 1. The van der Waals surface area contributed by atoms with Gasteiger partial charge in [0.1, 0.15) is 17.3 Å². The Morgan fingerprint density at radius 3 is 2.34 bits per heavy atom. The van der Waals surface area contributed by atoms with Crippen LogP contribution in [0.3, 0.4) is 0 Å². The Morgan fingerprint density at radius 1 is 1.05 bits per heavy atom. The summed E-state index contributed by atoms with van der Waals surface area (Å²) < 4.78 is 0. The molecule has 0 radical (unpaired) electrons. The van der Waals surface area contributed by atoms with Crippen molar-refractivity contribution in [1.29, 1.82) is 0 Å². The predicted molar refractivity (Wildman–Crippen MR) is 161 cm³/mol. The number of benzene rings is 2. The lowest BCUT2D eigenvalue weighted by atomic mass is 9.52. The number of likely N-dealkylation sites (N-methyl/N-ethyl adjacent to an activating group) is 2. The Balaban J connectivity index is 1.46. The van der Waals surface area contributed by atoms with Gasteiger partial charge in [0.15, 0.2) is 17.3 Å². The van der Waals surface area contributed by atoms with Crippen molar-refractivity contribution >= 4 is 34.9 Å². The first kappa shape index (κ1) is 31.1. The minimum Gasteiger partial charge on any atom is -0.507 e. The van der Waals surface area contributed by atoms with E-state index in [1.807, 2.05) is 0 Å². The zero-order valence-electron chi connectivity index (χ0n) is 25.1. The van der Waals surface area contributed by atoms with Crippen LogP contribution in [0, 0.1) is 35.5 Å². The number of hydrogen-bond donors (Lipinski definition) is 4. The summed E-state index contributed by atoms with van der Waals surface area (Å²) >= 11 is 0. The zero-order chi connectivity index (χ0) is 32.1. The smallest absolute Gasteiger partial charge is 0.238 e. The van der Waals surface area contributed by atoms with Gasteiger partial charge >= 0.3 is 0 Å². The minimum atomic E-state index is -2.10. The van der Waals surface area contributed by atoms with Crippen molar-refractivity contribution in [2.45, 2.75) is 30.9 Å². The quantitative estimate of drug-likeness (QED) is 0.283. The first-order chi connectivity index (χ1) is 20.7. The van der Waals surface area contributed by atoms with Crippen molar-refractivity contribution in [3.8, 4) is 17.6 Å². The van der Waals surface area contributed by atoms with Crippen molar-refractivity contribution in [3.63, 3.8) is 0 Å². The molecule has 2 aromatic rings. The summed E-state index contributed by atoms with van der Waals surface area (Å²) in [5.41, 5.74) is 5.69. The second kappa shape index (κ2) is 11.6. The van der Waals surface area contributed by atoms with Gasteiger partial charge in [0.2, 0.25) is 11.8 Å². The van der Waals surface area contributed by atoms with E-state index in [2.05, 4.69) is 17.2 Å². The number of aliphatic hydroxyl groups is 1. The van der Waals surface area contributed by atoms with Gasteiger partial charge in [-0.2, -0.15) is 0 Å². The Bertz CT molecular complexity index is 1620. The fourth-order valence-electron chi connectivity index (χ4n) is 7.09. The van der Waals surface area contributed by atoms with Gasteiger partial charge in [-0.3, -0.25) is 28.9 Å². The second-order valence-corrected chi connectivity index (χ2v) is 12.5. The molecule has 5 rings (SSSR count). The van der Waals surface area contributed by atoms with E-state index in [0.717, 1.165) is 0 Å². The molecule has 2 saturated carbocycles. The largest absolute Gasteiger partial charge is 0.507 e. The molecule has 0 aliphatic heterocycles. The van der Waals surface area contributed by atoms with Crippen LogP contribution in [0.5, 0.6) is 5.75 Å². The molecule has 6 atom stereocenters. The lowest BCUT2D eigenvalue weighted by Crippen LogP contribution is -2.69. The van der Waals surface area contributed by atoms with E-state index in [4.69, 9.17) is 5.73 Å². The lowest BCUT2D eigenvalue weighted by molar-refractivity contribution is -0.176. The van der Waals surface area contributed by atoms with Crippen LogP contribution in [0.25, 0.3) is 0 Å². The van der Waals surface area contributed by atoms with E-state index in [-0.39, 0.29) is 36.6 Å². The molecule has 11 heteroatoms. The van der Waals surface area contributed by atoms with E-state index in [0.29, 0.717) is 22.4 Å². The molecule has 0 aromatic heterocycles. The van der Waals surface area contributed by atoms with Crippen molar-refractivity contribution in [1.82, 2.24) is 9.80 Å². The number of nitrogens with two attached hydrogens (primary N) is 1. The van der Waals surface area contributed by atoms with Crippen LogP contribution < -0.4 is 11.1 Å². The van der Waals surface area contributed by atoms with Crippen molar-refractivity contribution in [3.05, 3.63) is 58.7 Å². The van der Waals surface area contributed by atoms with Crippen LogP contribution >= 0.6 is 0 Å². The number of anilines is 1. The number of nitrogens with zero attached hydrogens (tertiary/aromatic N) is 2. The molecule has 230 valence electrons. The number of fused-ring (bicyclic) bond motifs is 3. The molecule has 0 spiro atoms. The molecular weight excluding hydrogens is 564 g/mol. The highest BCUT2D eigenvalue weighted by molar-refractivity contribution is 6.17. The maximum Gasteiger partial charge on any atom is 0.238 e. The summed E-state index contributed by atoms with van der Waals surface area (Å²) in [5.74, 6) is -0.963. The fraction of sp³-hybridized carbons (Fsp3) is 0.424. The molecule has 5 N–H and O–H groups in total. The van der Waals surface area contributed by atoms with Gasteiger partial charge in [-0.05, 0) is 88.9 Å². The molecule has 44 heavy (non-hydrogen) atoms. The second-order valence-electron chi connectivity index (χ2n) is 12.5. The summed E-state index contributed by atoms with van der Waals surface area (Å²) in [6, 6.07) is 9.04. The van der Waals surface area contributed by atoms with E-state index in [1.165, 1.54) is 6.07 Å². The Morgan fingerprint density at radius 2 is 1.73 bits per heavy atom. The third-order valence-electron chi connectivity index (χ3n) is 9.04. The zero-order valence-corrected chi connectivity index (χ0v) is 25.1. The monoisotopic (exact) mass is 600 g/mol. The third kappa shape index (κ3) is 5.41. The number of ketones is 3. The molecule has 2 amide bonds. The fourth-order valence-corrected chi connectivity index (χ4v) is 7.09. The maximum atomic E-state index is 13.9. The number of nitrogens with one attached hydrogen (secondary N) is 1. The molecule has 11 nitrogen and oxygen atoms in total. The van der Waals surface area contributed by atoms with E-state index >= 15 is 0 Å². The summed E-state index contributed by atoms with van der Waals surface area (Å²) in [6.45, 7) is 0.250. The van der Waals surface area contributed by atoms with E-state index < -0.39 is 65.0 Å². The number of hydrogen-bond acceptors (Lipinski definition) is 9. The molecule has 2 fully saturated rings. The van der Waals surface area contributed by atoms with Crippen molar-refractivity contribution < 1.29 is 34.2 Å². The molecule has 3 aliphatic rings. The van der Waals surface area contributed by atoms with Crippen LogP contribution in [-0.2, 0) is 25.6 Å². The number of carbonyl (C=O) groups is 5. The highest BCUT2D eigenvalue weighted by Crippen LogP contribution is 2.52. The summed E-state index contributed by atoms with van der Waals surface area (Å²) in [4.78, 5) is 68.6. The maximum absolute atomic E-state index is 13.9. The van der Waals surface area contributed by atoms with Gasteiger partial charge in [0.25, 0.3) is 0 Å². The number of rotatable bonds is 5. The first-order valence-electron chi connectivity index (χ1n) is 14.4. The topological polar surface area (TPSA) is 170 Å². The summed E-state index contributed by atoms with van der Waals surface area (Å²) in [6.07, 6.45) is -0.0530. The molecule has 6 unspecified atom stereocenters. The number of phenolic OH excluding ortho intramolecular Hbond substituents is 1. The van der Waals surface area contributed by atoms with E-state index in [9.17, 15) is 34.2 Å². The van der Waals surface area contributed by atoms with E-state index in [1.54, 1.807) is 68.3 Å². The van der Waals surface area contributed by atoms with Crippen molar-refractivity contribution in [2.24, 2.45) is 29.4 Å². The Kier molecular flexibility index (Phi) is 8.20. The van der Waals surface area contributed by atoms with Crippen LogP contribution in [0.4, 0.5) is 5.69 Å². The number of aromatic hydroxyl groups is 1. The number of amides is 2. The predicted octanol–water partition coefficient (Wildman–Crippen LogP) is 0.588. The minimum absolute atomic E-state index is 0.00472. The average molecular weight is 601 g/mol. The van der Waals surface area contributed by atoms with Gasteiger partial charge in [-0.15, -0.1) is 0 Å². The van der Waals surface area contributed by atoms with Gasteiger partial charge in [0, 0.05) is 29.2 Å². The Hall–Kier alpha value is -4.37. The van der Waals surface area contributed by atoms with Crippen LogP contribution in [0.2, 0.25) is 0 Å². The summed E-state index contributed by atoms with van der Waals surface area (Å²) in [5, 5.41) is 25.3. The molecule has 0 saturated heterocycles. The van der Waals surface area contributed by atoms with Gasteiger partial charge in [-0.25, -0.2) is 0 Å². The number of primary amides is 1. The number of carbonyl (C=O) groups excluding carboxylic acids is 5. The molecular formula is C33H36N4O7. The SMILES string of the molecule is CN(C)CC(=O)Nc1ccc(C#Cc2ccc(O)c3c2CC2CC4C(N(C)C)C(=O)C(C(N)=O)CC4(O)C(=O)C2C3=O)cc1. The number of Topliss-reactive ketones (excluding diaryl/α,β-unsaturated/α-hetero) is 3. The molecule has 3 aliphatic carbocycles. The lowest BCUT2D eigenvalue weighted by Gasteiger charge is -2.53. The molecule has 2 aromatic carbocycles. The Labute approximate surface area is 255 Å². The highest BCUT2D eigenvalue weighted by atomic mass is 16.3. The molecule has 0 bridgehead atoms. The van der Waals surface area contributed by atoms with Crippen LogP contribution in [0.15, 0.2) is 36.4 Å². The standard InChI is InChI=1S/C33H36N4O7/c1-36(2)16-25(39)35-20-10-6-17(7-11-20)5-8-18-9-12-24(38)27-21(18)13-19-14-23-28(37(3)4)29(40)22(32(34)43)15-33(23,44)31(42)26(19)30(27)41/h6-7,9-12,19,22-23,26,28,38,44H,13-16H2,1-4H3,(H2,34,43)(H,35,39). The summed E-state index contributed by atoms with van der Waals surface area (Å²) in [7, 11) is 6.89. The average Bonchev–Trinajstić information content (AvgIpc) is 2.93. The highest BCUT2D eigenvalue weighted by Gasteiger charge is 2.64. The third-order valence-corrected chi connectivity index (χ3v) is 9.04. The van der Waals surface area contributed by atoms with Gasteiger partial charge in [0.05, 0.1) is 24.1 Å². The first-order valence-corrected chi connectivity index (χ1v) is 14.4. The van der Waals surface area contributed by atoms with Gasteiger partial charge in [-0.1, -0.05) is 11.8 Å². The van der Waals surface area contributed by atoms with Gasteiger partial charge < -0.3 is 26.2 Å².